The highest BCUT2D eigenvalue weighted by molar-refractivity contribution is 5.85. The molecule has 0 aliphatic heterocycles. The number of ether oxygens (including phenoxy) is 2. The smallest absolute Gasteiger partial charge is 0.344 e. The van der Waals surface area contributed by atoms with Gasteiger partial charge in [-0.2, -0.15) is 0 Å². The Labute approximate surface area is 152 Å². The molecule has 138 valence electrons. The molecule has 1 rings (SSSR count). The molecule has 0 amide bonds. The van der Waals surface area contributed by atoms with Gasteiger partial charge in [-0.05, 0) is 49.5 Å². The summed E-state index contributed by atoms with van der Waals surface area (Å²) >= 11 is 0. The van der Waals surface area contributed by atoms with E-state index in [9.17, 15) is 4.79 Å². The standard InChI is InChI=1S/C19H31NO3.ClH/c1-6-20(7-2)11-8-12-22-19(21)14-23-18-13-16(5)9-10-17(18)15(3)4;/h9-10,13,15H,6-8,11-12,14H2,1-5H3;1H. The van der Waals surface area contributed by atoms with Crippen LogP contribution in [-0.2, 0) is 9.53 Å². The van der Waals surface area contributed by atoms with Crippen LogP contribution in [0.3, 0.4) is 0 Å². The van der Waals surface area contributed by atoms with Gasteiger partial charge in [-0.3, -0.25) is 0 Å². The fraction of sp³-hybridized carbons (Fsp3) is 0.632. The lowest BCUT2D eigenvalue weighted by Crippen LogP contribution is -2.25. The van der Waals surface area contributed by atoms with E-state index in [1.54, 1.807) is 0 Å². The summed E-state index contributed by atoms with van der Waals surface area (Å²) in [4.78, 5) is 14.1. The Balaban J connectivity index is 0.00000529. The first-order valence-corrected chi connectivity index (χ1v) is 8.59. The lowest BCUT2D eigenvalue weighted by atomic mass is 10.0. The molecule has 0 aliphatic carbocycles. The first-order chi connectivity index (χ1) is 11.0. The van der Waals surface area contributed by atoms with Crippen LogP contribution in [0.5, 0.6) is 5.75 Å². The third-order valence-corrected chi connectivity index (χ3v) is 3.91. The van der Waals surface area contributed by atoms with Crippen molar-refractivity contribution in [2.75, 3.05) is 32.8 Å². The summed E-state index contributed by atoms with van der Waals surface area (Å²) in [5.41, 5.74) is 2.24. The zero-order chi connectivity index (χ0) is 17.2. The van der Waals surface area contributed by atoms with Gasteiger partial charge in [-0.25, -0.2) is 4.79 Å². The van der Waals surface area contributed by atoms with Gasteiger partial charge in [0.1, 0.15) is 5.75 Å². The largest absolute Gasteiger partial charge is 0.482 e. The molecule has 0 unspecified atom stereocenters. The molecule has 0 N–H and O–H groups in total. The van der Waals surface area contributed by atoms with E-state index in [0.29, 0.717) is 12.5 Å². The van der Waals surface area contributed by atoms with Crippen LogP contribution in [0.1, 0.15) is 51.2 Å². The molecule has 0 bridgehead atoms. The van der Waals surface area contributed by atoms with Gasteiger partial charge in [0.2, 0.25) is 0 Å². The molecule has 0 aromatic heterocycles. The van der Waals surface area contributed by atoms with E-state index in [-0.39, 0.29) is 25.0 Å². The Morgan fingerprint density at radius 1 is 1.21 bits per heavy atom. The molecular weight excluding hydrogens is 326 g/mol. The van der Waals surface area contributed by atoms with Crippen molar-refractivity contribution in [2.45, 2.75) is 47.0 Å². The predicted octanol–water partition coefficient (Wildman–Crippen LogP) is 4.19. The maximum absolute atomic E-state index is 11.8. The molecule has 0 aliphatic rings. The average Bonchev–Trinajstić information content (AvgIpc) is 2.52. The van der Waals surface area contributed by atoms with Crippen molar-refractivity contribution in [2.24, 2.45) is 0 Å². The maximum atomic E-state index is 11.8. The second kappa shape index (κ2) is 12.2. The normalized spacial score (nSPS) is 10.6. The molecule has 0 heterocycles. The Hall–Kier alpha value is -1.26. The van der Waals surface area contributed by atoms with E-state index in [1.165, 1.54) is 0 Å². The third-order valence-electron chi connectivity index (χ3n) is 3.91. The fourth-order valence-electron chi connectivity index (χ4n) is 2.44. The molecule has 0 fully saturated rings. The third kappa shape index (κ3) is 8.02. The van der Waals surface area contributed by atoms with E-state index in [0.717, 1.165) is 42.9 Å². The summed E-state index contributed by atoms with van der Waals surface area (Å²) in [5, 5.41) is 0. The number of hydrogen-bond acceptors (Lipinski definition) is 4. The van der Waals surface area contributed by atoms with Crippen molar-refractivity contribution in [1.29, 1.82) is 0 Å². The molecule has 5 heteroatoms. The molecule has 24 heavy (non-hydrogen) atoms. The highest BCUT2D eigenvalue weighted by atomic mass is 35.5. The molecule has 1 aromatic carbocycles. The lowest BCUT2D eigenvalue weighted by molar-refractivity contribution is -0.146. The first kappa shape index (κ1) is 22.7. The van der Waals surface area contributed by atoms with E-state index < -0.39 is 0 Å². The first-order valence-electron chi connectivity index (χ1n) is 8.59. The molecule has 1 aromatic rings. The van der Waals surface area contributed by atoms with Crippen LogP contribution in [0.25, 0.3) is 0 Å². The Bertz CT molecular complexity index is 488. The number of esters is 1. The van der Waals surface area contributed by atoms with Crippen LogP contribution in [0.15, 0.2) is 18.2 Å². The predicted molar refractivity (Wildman–Crippen MR) is 101 cm³/mol. The van der Waals surface area contributed by atoms with Crippen molar-refractivity contribution in [3.63, 3.8) is 0 Å². The van der Waals surface area contributed by atoms with Gasteiger partial charge in [0.15, 0.2) is 6.61 Å². The van der Waals surface area contributed by atoms with Crippen LogP contribution in [-0.4, -0.2) is 43.7 Å². The molecule has 4 nitrogen and oxygen atoms in total. The number of nitrogens with zero attached hydrogens (tertiary/aromatic N) is 1. The van der Waals surface area contributed by atoms with Crippen LogP contribution < -0.4 is 4.74 Å². The van der Waals surface area contributed by atoms with E-state index in [2.05, 4.69) is 44.7 Å². The van der Waals surface area contributed by atoms with Gasteiger partial charge in [-0.1, -0.05) is 39.8 Å². The van der Waals surface area contributed by atoms with Gasteiger partial charge in [0, 0.05) is 6.54 Å². The van der Waals surface area contributed by atoms with Gasteiger partial charge in [0.25, 0.3) is 0 Å². The molecule has 0 atom stereocenters. The topological polar surface area (TPSA) is 38.8 Å². The summed E-state index contributed by atoms with van der Waals surface area (Å²) < 4.78 is 10.9. The number of rotatable bonds is 10. The molecular formula is C19H32ClNO3. The van der Waals surface area contributed by atoms with Crippen molar-refractivity contribution >= 4 is 18.4 Å². The highest BCUT2D eigenvalue weighted by Gasteiger charge is 2.11. The lowest BCUT2D eigenvalue weighted by Gasteiger charge is -2.17. The van der Waals surface area contributed by atoms with Crippen LogP contribution in [0.2, 0.25) is 0 Å². The van der Waals surface area contributed by atoms with Gasteiger partial charge in [0.05, 0.1) is 6.61 Å². The SMILES string of the molecule is CCN(CC)CCCOC(=O)COc1cc(C)ccc1C(C)C.Cl. The van der Waals surface area contributed by atoms with E-state index in [1.807, 2.05) is 13.0 Å². The Kier molecular flexibility index (Phi) is 11.5. The van der Waals surface area contributed by atoms with E-state index in [4.69, 9.17) is 9.47 Å². The quantitative estimate of drug-likeness (QED) is 0.465. The second-order valence-corrected chi connectivity index (χ2v) is 6.09. The van der Waals surface area contributed by atoms with Crippen LogP contribution in [0.4, 0.5) is 0 Å². The average molecular weight is 358 g/mol. The Morgan fingerprint density at radius 3 is 2.46 bits per heavy atom. The van der Waals surface area contributed by atoms with Gasteiger partial charge < -0.3 is 14.4 Å². The zero-order valence-corrected chi connectivity index (χ0v) is 16.4. The summed E-state index contributed by atoms with van der Waals surface area (Å²) in [6.45, 7) is 13.9. The zero-order valence-electron chi connectivity index (χ0n) is 15.6. The Morgan fingerprint density at radius 2 is 1.88 bits per heavy atom. The van der Waals surface area contributed by atoms with Gasteiger partial charge >= 0.3 is 5.97 Å². The number of carbonyl (C=O) groups excluding carboxylic acids is 1. The fourth-order valence-corrected chi connectivity index (χ4v) is 2.44. The minimum absolute atomic E-state index is 0. The number of hydrogen-bond donors (Lipinski definition) is 0. The molecule has 0 spiro atoms. The van der Waals surface area contributed by atoms with E-state index >= 15 is 0 Å². The second-order valence-electron chi connectivity index (χ2n) is 6.09. The van der Waals surface area contributed by atoms with Crippen molar-refractivity contribution in [3.8, 4) is 5.75 Å². The van der Waals surface area contributed by atoms with Crippen molar-refractivity contribution < 1.29 is 14.3 Å². The summed E-state index contributed by atoms with van der Waals surface area (Å²) in [6.07, 6.45) is 0.856. The van der Waals surface area contributed by atoms with Crippen LogP contribution in [0, 0.1) is 6.92 Å². The molecule has 0 radical (unpaired) electrons. The number of aryl methyl sites for hydroxylation is 1. The summed E-state index contributed by atoms with van der Waals surface area (Å²) in [5.74, 6) is 0.830. The molecule has 0 saturated heterocycles. The number of benzene rings is 1. The number of carbonyl (C=O) groups is 1. The monoisotopic (exact) mass is 357 g/mol. The van der Waals surface area contributed by atoms with Gasteiger partial charge in [-0.15, -0.1) is 12.4 Å². The van der Waals surface area contributed by atoms with Crippen molar-refractivity contribution in [3.05, 3.63) is 29.3 Å². The minimum atomic E-state index is -0.305. The van der Waals surface area contributed by atoms with Crippen LogP contribution >= 0.6 is 12.4 Å². The molecule has 0 saturated carbocycles. The highest BCUT2D eigenvalue weighted by Crippen LogP contribution is 2.27. The summed E-state index contributed by atoms with van der Waals surface area (Å²) in [6, 6.07) is 6.10. The van der Waals surface area contributed by atoms with Crippen molar-refractivity contribution in [1.82, 2.24) is 4.90 Å². The number of halogens is 1. The maximum Gasteiger partial charge on any atom is 0.344 e. The minimum Gasteiger partial charge on any atom is -0.482 e. The summed E-state index contributed by atoms with van der Waals surface area (Å²) in [7, 11) is 0.